The van der Waals surface area contributed by atoms with E-state index in [1.165, 1.54) is 64.6 Å². The summed E-state index contributed by atoms with van der Waals surface area (Å²) in [7, 11) is 0. The summed E-state index contributed by atoms with van der Waals surface area (Å²) >= 11 is 1.86. The number of hydrogen-bond acceptors (Lipinski definition) is 3. The molecule has 8 aromatic carbocycles. The Bertz CT molecular complexity index is 2820. The predicted octanol–water partition coefficient (Wildman–Crippen LogP) is 13.1. The second-order valence-corrected chi connectivity index (χ2v) is 14.3. The van der Waals surface area contributed by atoms with Crippen LogP contribution in [0.2, 0.25) is 0 Å². The van der Waals surface area contributed by atoms with Gasteiger partial charge in [0.05, 0.1) is 16.8 Å². The molecule has 3 heteroatoms. The molecule has 1 aliphatic carbocycles. The van der Waals surface area contributed by atoms with Gasteiger partial charge in [-0.3, -0.25) is 0 Å². The molecule has 2 nitrogen and oxygen atoms in total. The first kappa shape index (κ1) is 27.8. The zero-order chi connectivity index (χ0) is 32.8. The molecule has 1 spiro atoms. The fourth-order valence-corrected chi connectivity index (χ4v) is 9.90. The highest BCUT2D eigenvalue weighted by molar-refractivity contribution is 7.26. The van der Waals surface area contributed by atoms with Crippen molar-refractivity contribution in [2.24, 2.45) is 0 Å². The summed E-state index contributed by atoms with van der Waals surface area (Å²) in [4.78, 5) is 2.49. The summed E-state index contributed by atoms with van der Waals surface area (Å²) in [6.45, 7) is 0. The first-order chi connectivity index (χ1) is 24.8. The number of thiophene rings is 1. The number of rotatable bonds is 3. The van der Waals surface area contributed by atoms with Crippen molar-refractivity contribution < 1.29 is 4.74 Å². The molecule has 234 valence electrons. The third-order valence-corrected chi connectivity index (χ3v) is 11.8. The van der Waals surface area contributed by atoms with Gasteiger partial charge in [0, 0.05) is 47.9 Å². The number of hydrogen-bond donors (Lipinski definition) is 0. The standard InChI is InChI=1S/C47H29NOS/c1-2-15-31(16-3-1)48(40-24-13-27-43-45(40)34-19-7-11-26-42(34)50-43)39-23-12-22-37-44(39)33-18-6-8-20-35(33)47(37)36-21-9-10-25-41(36)49-46-32-17-5-4-14-30(32)28-29-38(46)47/h1-29H. The van der Waals surface area contributed by atoms with E-state index in [0.717, 1.165) is 28.3 Å². The highest BCUT2D eigenvalue weighted by Crippen LogP contribution is 2.65. The topological polar surface area (TPSA) is 12.5 Å². The van der Waals surface area contributed by atoms with Gasteiger partial charge < -0.3 is 9.64 Å². The van der Waals surface area contributed by atoms with Crippen molar-refractivity contribution >= 4 is 59.3 Å². The zero-order valence-corrected chi connectivity index (χ0v) is 27.8. The maximum atomic E-state index is 6.89. The lowest BCUT2D eigenvalue weighted by Crippen LogP contribution is -2.32. The quantitative estimate of drug-likeness (QED) is 0.188. The van der Waals surface area contributed by atoms with Gasteiger partial charge >= 0.3 is 0 Å². The summed E-state index contributed by atoms with van der Waals surface area (Å²) in [6.07, 6.45) is 0. The predicted molar refractivity (Wildman–Crippen MR) is 209 cm³/mol. The number of fused-ring (bicyclic) bond motifs is 14. The number of anilines is 3. The van der Waals surface area contributed by atoms with Gasteiger partial charge in [-0.05, 0) is 64.5 Å². The van der Waals surface area contributed by atoms with Gasteiger partial charge in [0.15, 0.2) is 0 Å². The summed E-state index contributed by atoms with van der Waals surface area (Å²) < 4.78 is 9.48. The number of ether oxygens (including phenoxy) is 1. The molecule has 11 rings (SSSR count). The average Bonchev–Trinajstić information content (AvgIpc) is 3.71. The van der Waals surface area contributed by atoms with Gasteiger partial charge in [-0.2, -0.15) is 0 Å². The lowest BCUT2D eigenvalue weighted by atomic mass is 9.65. The molecular formula is C47H29NOS. The maximum absolute atomic E-state index is 6.89. The molecule has 0 amide bonds. The molecule has 1 aromatic heterocycles. The second-order valence-electron chi connectivity index (χ2n) is 13.2. The minimum absolute atomic E-state index is 0.570. The minimum Gasteiger partial charge on any atom is -0.456 e. The van der Waals surface area contributed by atoms with Crippen LogP contribution in [0.25, 0.3) is 42.1 Å². The monoisotopic (exact) mass is 655 g/mol. The normalized spacial score (nSPS) is 15.4. The van der Waals surface area contributed by atoms with E-state index in [9.17, 15) is 0 Å². The van der Waals surface area contributed by atoms with Crippen molar-refractivity contribution in [1.29, 1.82) is 0 Å². The Labute approximate surface area is 294 Å². The molecule has 0 saturated heterocycles. The van der Waals surface area contributed by atoms with E-state index in [1.54, 1.807) is 0 Å². The van der Waals surface area contributed by atoms with E-state index >= 15 is 0 Å². The van der Waals surface area contributed by atoms with Crippen LogP contribution in [0.3, 0.4) is 0 Å². The zero-order valence-electron chi connectivity index (χ0n) is 27.0. The molecule has 2 heterocycles. The van der Waals surface area contributed by atoms with Crippen molar-refractivity contribution in [3.63, 3.8) is 0 Å². The fourth-order valence-electron chi connectivity index (χ4n) is 8.77. The smallest absolute Gasteiger partial charge is 0.140 e. The molecule has 0 fully saturated rings. The molecule has 1 aliphatic heterocycles. The molecule has 0 radical (unpaired) electrons. The maximum Gasteiger partial charge on any atom is 0.140 e. The lowest BCUT2D eigenvalue weighted by Gasteiger charge is -2.40. The SMILES string of the molecule is c1ccc(N(c2cccc3c2-c2ccccc2C32c3ccccc3Oc3c2ccc2ccccc32)c2cccc3sc4ccccc4c23)cc1. The molecule has 0 N–H and O–H groups in total. The van der Waals surface area contributed by atoms with Crippen LogP contribution in [0.1, 0.15) is 22.3 Å². The van der Waals surface area contributed by atoms with Crippen molar-refractivity contribution in [1.82, 2.24) is 0 Å². The molecule has 9 aromatic rings. The largest absolute Gasteiger partial charge is 0.456 e. The fraction of sp³-hybridized carbons (Fsp3) is 0.0213. The molecule has 1 unspecified atom stereocenters. The molecular weight excluding hydrogens is 627 g/mol. The van der Waals surface area contributed by atoms with E-state index < -0.39 is 5.41 Å². The van der Waals surface area contributed by atoms with Crippen LogP contribution >= 0.6 is 11.3 Å². The Hall–Kier alpha value is -6.16. The van der Waals surface area contributed by atoms with Gasteiger partial charge in [0.25, 0.3) is 0 Å². The van der Waals surface area contributed by atoms with E-state index in [-0.39, 0.29) is 0 Å². The van der Waals surface area contributed by atoms with E-state index in [2.05, 4.69) is 181 Å². The Morgan fingerprint density at radius 3 is 2.06 bits per heavy atom. The van der Waals surface area contributed by atoms with Crippen LogP contribution in [0, 0.1) is 0 Å². The lowest BCUT2D eigenvalue weighted by molar-refractivity contribution is 0.441. The Morgan fingerprint density at radius 2 is 1.14 bits per heavy atom. The molecule has 0 bridgehead atoms. The van der Waals surface area contributed by atoms with E-state index in [0.29, 0.717) is 0 Å². The summed E-state index contributed by atoms with van der Waals surface area (Å²) in [5.41, 5.74) is 10.3. The van der Waals surface area contributed by atoms with Crippen molar-refractivity contribution in [3.05, 3.63) is 198 Å². The van der Waals surface area contributed by atoms with E-state index in [1.807, 2.05) is 11.3 Å². The molecule has 1 atom stereocenters. The average molecular weight is 656 g/mol. The van der Waals surface area contributed by atoms with Crippen LogP contribution in [-0.4, -0.2) is 0 Å². The number of nitrogens with zero attached hydrogens (tertiary/aromatic N) is 1. The van der Waals surface area contributed by atoms with Gasteiger partial charge in [0.2, 0.25) is 0 Å². The van der Waals surface area contributed by atoms with E-state index in [4.69, 9.17) is 4.74 Å². The van der Waals surface area contributed by atoms with Crippen molar-refractivity contribution in [3.8, 4) is 22.6 Å². The summed E-state index contributed by atoms with van der Waals surface area (Å²) in [5.74, 6) is 1.84. The Kier molecular flexibility index (Phi) is 5.78. The number of benzene rings is 8. The van der Waals surface area contributed by atoms with Crippen molar-refractivity contribution in [2.45, 2.75) is 5.41 Å². The molecule has 2 aliphatic rings. The van der Waals surface area contributed by atoms with Crippen LogP contribution in [0.5, 0.6) is 11.5 Å². The summed E-state index contributed by atoms with van der Waals surface area (Å²) in [6, 6.07) is 64.1. The Balaban J connectivity index is 1.28. The first-order valence-corrected chi connectivity index (χ1v) is 17.9. The highest BCUT2D eigenvalue weighted by atomic mass is 32.1. The third-order valence-electron chi connectivity index (χ3n) is 10.7. The van der Waals surface area contributed by atoms with Crippen LogP contribution in [0.4, 0.5) is 17.1 Å². The van der Waals surface area contributed by atoms with Gasteiger partial charge in [-0.15, -0.1) is 11.3 Å². The Morgan fingerprint density at radius 1 is 0.460 bits per heavy atom. The van der Waals surface area contributed by atoms with Gasteiger partial charge in [0.1, 0.15) is 11.5 Å². The summed E-state index contributed by atoms with van der Waals surface area (Å²) in [5, 5.41) is 4.87. The molecule has 0 saturated carbocycles. The van der Waals surface area contributed by atoms with Crippen LogP contribution in [-0.2, 0) is 5.41 Å². The van der Waals surface area contributed by atoms with Crippen molar-refractivity contribution in [2.75, 3.05) is 4.90 Å². The van der Waals surface area contributed by atoms with Crippen LogP contribution < -0.4 is 9.64 Å². The van der Waals surface area contributed by atoms with Gasteiger partial charge in [-0.25, -0.2) is 0 Å². The number of para-hydroxylation sites is 2. The van der Waals surface area contributed by atoms with Crippen LogP contribution in [0.15, 0.2) is 176 Å². The second kappa shape index (κ2) is 10.4. The van der Waals surface area contributed by atoms with Gasteiger partial charge in [-0.1, -0.05) is 133 Å². The third kappa shape index (κ3) is 3.62. The highest BCUT2D eigenvalue weighted by Gasteiger charge is 2.52. The minimum atomic E-state index is -0.570. The molecule has 50 heavy (non-hydrogen) atoms. The first-order valence-electron chi connectivity index (χ1n) is 17.1.